The topological polar surface area (TPSA) is 39.2 Å². The third kappa shape index (κ3) is 3.17. The van der Waals surface area contributed by atoms with Crippen LogP contribution in [0, 0.1) is 0 Å². The standard InChI is InChI=1S/C14H15NO2S/c1-2-17-12-7-5-11(6-8-12)13-10-18-14(15-13)4-3-9-16/h5-10H,2-4H2,1H3. The van der Waals surface area contributed by atoms with Crippen molar-refractivity contribution in [2.24, 2.45) is 0 Å². The smallest absolute Gasteiger partial charge is 0.120 e. The highest BCUT2D eigenvalue weighted by Crippen LogP contribution is 2.24. The van der Waals surface area contributed by atoms with Gasteiger partial charge in [-0.05, 0) is 31.2 Å². The zero-order chi connectivity index (χ0) is 12.8. The molecule has 0 spiro atoms. The number of thiazole rings is 1. The Morgan fingerprint density at radius 2 is 2.11 bits per heavy atom. The molecule has 3 nitrogen and oxygen atoms in total. The molecule has 0 radical (unpaired) electrons. The van der Waals surface area contributed by atoms with Crippen LogP contribution in [0.2, 0.25) is 0 Å². The Labute approximate surface area is 110 Å². The number of hydrogen-bond acceptors (Lipinski definition) is 4. The molecule has 0 saturated heterocycles. The third-order valence-corrected chi connectivity index (χ3v) is 3.40. The fraction of sp³-hybridized carbons (Fsp3) is 0.286. The van der Waals surface area contributed by atoms with Crippen LogP contribution in [0.3, 0.4) is 0 Å². The molecule has 1 aromatic heterocycles. The van der Waals surface area contributed by atoms with Gasteiger partial charge in [0.1, 0.15) is 12.0 Å². The van der Waals surface area contributed by atoms with Crippen LogP contribution in [0.4, 0.5) is 0 Å². The number of nitrogens with zero attached hydrogens (tertiary/aromatic N) is 1. The van der Waals surface area contributed by atoms with Crippen molar-refractivity contribution in [2.75, 3.05) is 6.61 Å². The molecule has 1 aromatic carbocycles. The van der Waals surface area contributed by atoms with E-state index in [2.05, 4.69) is 4.98 Å². The molecule has 2 rings (SSSR count). The number of benzene rings is 1. The van der Waals surface area contributed by atoms with Gasteiger partial charge in [0.2, 0.25) is 0 Å². The molecule has 0 amide bonds. The van der Waals surface area contributed by atoms with Gasteiger partial charge < -0.3 is 9.53 Å². The highest BCUT2D eigenvalue weighted by Gasteiger charge is 2.04. The largest absolute Gasteiger partial charge is 0.494 e. The van der Waals surface area contributed by atoms with Gasteiger partial charge in [-0.2, -0.15) is 0 Å². The Hall–Kier alpha value is -1.68. The number of aromatic nitrogens is 1. The number of carbonyl (C=O) groups is 1. The summed E-state index contributed by atoms with van der Waals surface area (Å²) in [5, 5.41) is 3.03. The van der Waals surface area contributed by atoms with Crippen LogP contribution < -0.4 is 4.74 Å². The highest BCUT2D eigenvalue weighted by atomic mass is 32.1. The number of carbonyl (C=O) groups excluding carboxylic acids is 1. The summed E-state index contributed by atoms with van der Waals surface area (Å²) in [6.07, 6.45) is 2.19. The maximum Gasteiger partial charge on any atom is 0.120 e. The van der Waals surface area contributed by atoms with Crippen molar-refractivity contribution in [3.8, 4) is 17.0 Å². The quantitative estimate of drug-likeness (QED) is 0.749. The van der Waals surface area contributed by atoms with Crippen LogP contribution in [-0.4, -0.2) is 17.9 Å². The Kier molecular flexibility index (Phi) is 4.47. The predicted octanol–water partition coefficient (Wildman–Crippen LogP) is 3.34. The van der Waals surface area contributed by atoms with E-state index >= 15 is 0 Å². The first kappa shape index (κ1) is 12.8. The lowest BCUT2D eigenvalue weighted by molar-refractivity contribution is -0.107. The summed E-state index contributed by atoms with van der Waals surface area (Å²) in [6.45, 7) is 2.64. The predicted molar refractivity (Wildman–Crippen MR) is 73.1 cm³/mol. The van der Waals surface area contributed by atoms with Crippen molar-refractivity contribution in [1.82, 2.24) is 4.98 Å². The van der Waals surface area contributed by atoms with Gasteiger partial charge in [0.15, 0.2) is 0 Å². The molecule has 0 unspecified atom stereocenters. The van der Waals surface area contributed by atoms with E-state index in [0.717, 1.165) is 34.7 Å². The summed E-state index contributed by atoms with van der Waals surface area (Å²) < 4.78 is 5.40. The summed E-state index contributed by atoms with van der Waals surface area (Å²) in [5.74, 6) is 0.873. The van der Waals surface area contributed by atoms with Gasteiger partial charge in [-0.1, -0.05) is 0 Å². The lowest BCUT2D eigenvalue weighted by atomic mass is 10.2. The number of rotatable bonds is 6. The van der Waals surface area contributed by atoms with Gasteiger partial charge in [0, 0.05) is 23.8 Å². The van der Waals surface area contributed by atoms with Gasteiger partial charge in [0.05, 0.1) is 17.3 Å². The normalized spacial score (nSPS) is 10.3. The SMILES string of the molecule is CCOc1ccc(-c2csc(CCC=O)n2)cc1. The highest BCUT2D eigenvalue weighted by molar-refractivity contribution is 7.09. The fourth-order valence-electron chi connectivity index (χ4n) is 1.63. The number of aldehydes is 1. The van der Waals surface area contributed by atoms with Crippen molar-refractivity contribution in [1.29, 1.82) is 0 Å². The molecule has 0 atom stereocenters. The minimum Gasteiger partial charge on any atom is -0.494 e. The number of aryl methyl sites for hydroxylation is 1. The lowest BCUT2D eigenvalue weighted by Crippen LogP contribution is -1.90. The first-order chi connectivity index (χ1) is 8.83. The first-order valence-electron chi connectivity index (χ1n) is 5.94. The van der Waals surface area contributed by atoms with E-state index < -0.39 is 0 Å². The second kappa shape index (κ2) is 6.31. The molecular formula is C14H15NO2S. The average Bonchev–Trinajstić information content (AvgIpc) is 2.86. The molecule has 18 heavy (non-hydrogen) atoms. The van der Waals surface area contributed by atoms with Gasteiger partial charge in [0.25, 0.3) is 0 Å². The molecule has 0 N–H and O–H groups in total. The van der Waals surface area contributed by atoms with Crippen molar-refractivity contribution < 1.29 is 9.53 Å². The van der Waals surface area contributed by atoms with Crippen LogP contribution >= 0.6 is 11.3 Å². The van der Waals surface area contributed by atoms with E-state index in [9.17, 15) is 4.79 Å². The minimum atomic E-state index is 0.538. The Morgan fingerprint density at radius 3 is 2.78 bits per heavy atom. The Balaban J connectivity index is 2.10. The maximum absolute atomic E-state index is 10.3. The van der Waals surface area contributed by atoms with E-state index in [1.165, 1.54) is 0 Å². The Bertz CT molecular complexity index is 505. The zero-order valence-electron chi connectivity index (χ0n) is 10.3. The van der Waals surface area contributed by atoms with Gasteiger partial charge in [-0.25, -0.2) is 4.98 Å². The van der Waals surface area contributed by atoms with E-state index in [0.29, 0.717) is 13.0 Å². The molecule has 4 heteroatoms. The van der Waals surface area contributed by atoms with Crippen LogP contribution in [0.5, 0.6) is 5.75 Å². The molecule has 0 saturated carbocycles. The monoisotopic (exact) mass is 261 g/mol. The maximum atomic E-state index is 10.3. The van der Waals surface area contributed by atoms with Crippen molar-refractivity contribution in [3.05, 3.63) is 34.7 Å². The van der Waals surface area contributed by atoms with Crippen LogP contribution in [0.25, 0.3) is 11.3 Å². The average molecular weight is 261 g/mol. The number of hydrogen-bond donors (Lipinski definition) is 0. The summed E-state index contributed by atoms with van der Waals surface area (Å²) >= 11 is 1.60. The van der Waals surface area contributed by atoms with Crippen LogP contribution in [0.15, 0.2) is 29.6 Å². The van der Waals surface area contributed by atoms with Gasteiger partial charge >= 0.3 is 0 Å². The molecule has 0 bridgehead atoms. The van der Waals surface area contributed by atoms with E-state index in [1.54, 1.807) is 11.3 Å². The van der Waals surface area contributed by atoms with Crippen LogP contribution in [-0.2, 0) is 11.2 Å². The van der Waals surface area contributed by atoms with Crippen LogP contribution in [0.1, 0.15) is 18.4 Å². The van der Waals surface area contributed by atoms with E-state index in [1.807, 2.05) is 36.6 Å². The van der Waals surface area contributed by atoms with Gasteiger partial charge in [-0.15, -0.1) is 11.3 Å². The Morgan fingerprint density at radius 1 is 1.33 bits per heavy atom. The summed E-state index contributed by atoms with van der Waals surface area (Å²) in [4.78, 5) is 14.8. The molecule has 0 aliphatic carbocycles. The fourth-order valence-corrected chi connectivity index (χ4v) is 2.45. The molecule has 2 aromatic rings. The summed E-state index contributed by atoms with van der Waals surface area (Å²) in [7, 11) is 0. The molecular weight excluding hydrogens is 246 g/mol. The minimum absolute atomic E-state index is 0.538. The summed E-state index contributed by atoms with van der Waals surface area (Å²) in [5.41, 5.74) is 2.04. The second-order valence-electron chi connectivity index (χ2n) is 3.79. The molecule has 94 valence electrons. The second-order valence-corrected chi connectivity index (χ2v) is 4.73. The third-order valence-electron chi connectivity index (χ3n) is 2.49. The molecule has 0 aliphatic heterocycles. The number of ether oxygens (including phenoxy) is 1. The van der Waals surface area contributed by atoms with Crippen molar-refractivity contribution >= 4 is 17.6 Å². The molecule has 1 heterocycles. The van der Waals surface area contributed by atoms with E-state index in [-0.39, 0.29) is 0 Å². The molecule has 0 fully saturated rings. The lowest BCUT2D eigenvalue weighted by Gasteiger charge is -2.03. The van der Waals surface area contributed by atoms with Gasteiger partial charge in [-0.3, -0.25) is 0 Å². The zero-order valence-corrected chi connectivity index (χ0v) is 11.1. The van der Waals surface area contributed by atoms with Crippen molar-refractivity contribution in [2.45, 2.75) is 19.8 Å². The van der Waals surface area contributed by atoms with E-state index in [4.69, 9.17) is 4.74 Å². The van der Waals surface area contributed by atoms with Crippen molar-refractivity contribution in [3.63, 3.8) is 0 Å². The molecule has 0 aliphatic rings. The summed E-state index contributed by atoms with van der Waals surface area (Å²) in [6, 6.07) is 7.90. The first-order valence-corrected chi connectivity index (χ1v) is 6.82.